The molecule has 3 nitrogen and oxygen atoms in total. The lowest BCUT2D eigenvalue weighted by molar-refractivity contribution is 0.175. The highest BCUT2D eigenvalue weighted by atomic mass is 32.1. The van der Waals surface area contributed by atoms with E-state index in [-0.39, 0.29) is 0 Å². The molecule has 2 rings (SSSR count). The topological polar surface area (TPSA) is 18.8 Å². The van der Waals surface area contributed by atoms with Crippen molar-refractivity contribution in [2.45, 2.75) is 24.8 Å². The van der Waals surface area contributed by atoms with E-state index < -0.39 is 0 Å². The predicted octanol–water partition coefficient (Wildman–Crippen LogP) is 1.07. The Morgan fingerprint density at radius 1 is 1.43 bits per heavy atom. The van der Waals surface area contributed by atoms with Crippen LogP contribution in [0.3, 0.4) is 0 Å². The minimum absolute atomic E-state index is 0.420. The average molecular weight is 213 g/mol. The monoisotopic (exact) mass is 213 g/mol. The molecule has 0 radical (unpaired) electrons. The fraction of sp³-hybridized carbons (Fsp3) is 0.900. The summed E-state index contributed by atoms with van der Waals surface area (Å²) < 4.78 is 2.15. The number of aliphatic imine (C=N–C) groups is 1. The van der Waals surface area contributed by atoms with Crippen molar-refractivity contribution in [1.82, 2.24) is 9.21 Å². The zero-order valence-corrected chi connectivity index (χ0v) is 9.71. The summed E-state index contributed by atoms with van der Waals surface area (Å²) in [4.78, 5) is 6.65. The maximum atomic E-state index is 4.45. The highest BCUT2D eigenvalue weighted by molar-refractivity contribution is 7.77. The van der Waals surface area contributed by atoms with Crippen LogP contribution < -0.4 is 0 Å². The van der Waals surface area contributed by atoms with Gasteiger partial charge in [0.2, 0.25) is 0 Å². The van der Waals surface area contributed by atoms with Crippen LogP contribution in [0.25, 0.3) is 0 Å². The van der Waals surface area contributed by atoms with Gasteiger partial charge in [0.25, 0.3) is 0 Å². The summed E-state index contributed by atoms with van der Waals surface area (Å²) in [5.74, 6) is 0. The summed E-state index contributed by atoms with van der Waals surface area (Å²) in [5.41, 5.74) is 0.420. The molecule has 1 spiro atoms. The summed E-state index contributed by atoms with van der Waals surface area (Å²) in [6.45, 7) is 4.49. The zero-order valence-electron chi connectivity index (χ0n) is 8.82. The number of likely N-dealkylation sites (tertiary alicyclic amines) is 1. The van der Waals surface area contributed by atoms with Gasteiger partial charge < -0.3 is 0 Å². The summed E-state index contributed by atoms with van der Waals surface area (Å²) in [6, 6.07) is 0. The maximum absolute atomic E-state index is 4.45. The molecule has 14 heavy (non-hydrogen) atoms. The quantitative estimate of drug-likeness (QED) is 0.546. The van der Waals surface area contributed by atoms with Gasteiger partial charge in [0.15, 0.2) is 0 Å². The second-order valence-electron chi connectivity index (χ2n) is 4.35. The SMILES string of the molecule is CN=CCN1CCCC12CCN(S)C2. The van der Waals surface area contributed by atoms with E-state index in [9.17, 15) is 0 Å². The van der Waals surface area contributed by atoms with Crippen molar-refractivity contribution < 1.29 is 0 Å². The molecule has 80 valence electrons. The van der Waals surface area contributed by atoms with Crippen LogP contribution in [-0.4, -0.2) is 54.2 Å². The van der Waals surface area contributed by atoms with E-state index in [2.05, 4.69) is 27.0 Å². The van der Waals surface area contributed by atoms with Crippen LogP contribution in [0.1, 0.15) is 19.3 Å². The van der Waals surface area contributed by atoms with E-state index in [0.717, 1.165) is 19.6 Å². The van der Waals surface area contributed by atoms with Crippen molar-refractivity contribution in [3.63, 3.8) is 0 Å². The number of thiol groups is 1. The second kappa shape index (κ2) is 4.21. The molecule has 2 fully saturated rings. The molecular weight excluding hydrogens is 194 g/mol. The summed E-state index contributed by atoms with van der Waals surface area (Å²) in [6.07, 6.45) is 5.96. The highest BCUT2D eigenvalue weighted by Crippen LogP contribution is 2.37. The first-order chi connectivity index (χ1) is 6.77. The maximum Gasteiger partial charge on any atom is 0.0362 e. The highest BCUT2D eigenvalue weighted by Gasteiger charge is 2.44. The fourth-order valence-electron chi connectivity index (χ4n) is 2.76. The van der Waals surface area contributed by atoms with Gasteiger partial charge in [-0.1, -0.05) is 12.8 Å². The standard InChI is InChI=1S/C10H19N3S/c1-11-5-8-12-6-2-3-10(12)4-7-13(14)9-10/h5,14H,2-4,6-9H2,1H3. The number of hydrogen-bond donors (Lipinski definition) is 1. The van der Waals surface area contributed by atoms with E-state index in [1.54, 1.807) is 0 Å². The molecule has 0 aromatic heterocycles. The van der Waals surface area contributed by atoms with Crippen molar-refractivity contribution in [3.05, 3.63) is 0 Å². The van der Waals surface area contributed by atoms with Gasteiger partial charge in [0, 0.05) is 38.4 Å². The summed E-state index contributed by atoms with van der Waals surface area (Å²) in [7, 11) is 1.85. The van der Waals surface area contributed by atoms with Crippen LogP contribution in [0.15, 0.2) is 4.99 Å². The molecule has 0 bridgehead atoms. The number of nitrogens with zero attached hydrogens (tertiary/aromatic N) is 3. The minimum Gasteiger partial charge on any atom is -0.300 e. The molecule has 0 aromatic rings. The predicted molar refractivity (Wildman–Crippen MR) is 63.1 cm³/mol. The molecule has 0 N–H and O–H groups in total. The molecule has 2 aliphatic rings. The van der Waals surface area contributed by atoms with E-state index >= 15 is 0 Å². The lowest BCUT2D eigenvalue weighted by Crippen LogP contribution is -2.46. The fourth-order valence-corrected chi connectivity index (χ4v) is 3.12. The molecule has 2 aliphatic heterocycles. The first kappa shape index (κ1) is 10.5. The lowest BCUT2D eigenvalue weighted by atomic mass is 9.95. The van der Waals surface area contributed by atoms with E-state index in [4.69, 9.17) is 0 Å². The van der Waals surface area contributed by atoms with Crippen LogP contribution in [-0.2, 0) is 0 Å². The van der Waals surface area contributed by atoms with Crippen LogP contribution in [0.5, 0.6) is 0 Å². The van der Waals surface area contributed by atoms with Crippen LogP contribution >= 0.6 is 12.8 Å². The Morgan fingerprint density at radius 3 is 2.93 bits per heavy atom. The molecule has 0 amide bonds. The molecular formula is C10H19N3S. The number of rotatable bonds is 2. The van der Waals surface area contributed by atoms with Crippen molar-refractivity contribution in [2.75, 3.05) is 33.2 Å². The van der Waals surface area contributed by atoms with Gasteiger partial charge in [0.1, 0.15) is 0 Å². The molecule has 2 heterocycles. The number of hydrogen-bond acceptors (Lipinski definition) is 4. The van der Waals surface area contributed by atoms with Crippen LogP contribution in [0, 0.1) is 0 Å². The molecule has 0 aliphatic carbocycles. The Balaban J connectivity index is 2.02. The molecule has 0 saturated carbocycles. The third kappa shape index (κ3) is 1.83. The van der Waals surface area contributed by atoms with Crippen molar-refractivity contribution >= 4 is 19.0 Å². The first-order valence-corrected chi connectivity index (χ1v) is 5.76. The van der Waals surface area contributed by atoms with E-state index in [0.29, 0.717) is 5.54 Å². The Bertz CT molecular complexity index is 231. The lowest BCUT2D eigenvalue weighted by Gasteiger charge is -2.33. The van der Waals surface area contributed by atoms with Crippen molar-refractivity contribution in [3.8, 4) is 0 Å². The third-order valence-corrected chi connectivity index (χ3v) is 3.88. The Morgan fingerprint density at radius 2 is 2.29 bits per heavy atom. The van der Waals surface area contributed by atoms with Crippen molar-refractivity contribution in [2.24, 2.45) is 4.99 Å². The molecule has 0 aromatic carbocycles. The van der Waals surface area contributed by atoms with Gasteiger partial charge in [-0.2, -0.15) is 0 Å². The largest absolute Gasteiger partial charge is 0.300 e. The van der Waals surface area contributed by atoms with E-state index in [1.165, 1.54) is 25.8 Å². The molecule has 1 unspecified atom stereocenters. The Hall–Kier alpha value is -0.0600. The van der Waals surface area contributed by atoms with Gasteiger partial charge in [-0.25, -0.2) is 0 Å². The summed E-state index contributed by atoms with van der Waals surface area (Å²) in [5, 5.41) is 0. The van der Waals surface area contributed by atoms with Crippen LogP contribution in [0.4, 0.5) is 0 Å². The molecule has 2 saturated heterocycles. The van der Waals surface area contributed by atoms with Gasteiger partial charge in [-0.15, -0.1) is 0 Å². The first-order valence-electron chi connectivity index (χ1n) is 5.36. The van der Waals surface area contributed by atoms with Gasteiger partial charge in [-0.05, 0) is 25.8 Å². The Labute approximate surface area is 91.7 Å². The summed E-state index contributed by atoms with van der Waals surface area (Å²) >= 11 is 4.45. The van der Waals surface area contributed by atoms with Crippen molar-refractivity contribution in [1.29, 1.82) is 0 Å². The van der Waals surface area contributed by atoms with Gasteiger partial charge in [-0.3, -0.25) is 14.2 Å². The smallest absolute Gasteiger partial charge is 0.0362 e. The normalized spacial score (nSPS) is 35.3. The third-order valence-electron chi connectivity index (χ3n) is 3.54. The Kier molecular flexibility index (Phi) is 3.14. The van der Waals surface area contributed by atoms with E-state index in [1.807, 2.05) is 13.3 Å². The minimum atomic E-state index is 0.420. The zero-order chi connectivity index (χ0) is 10.0. The molecule has 4 heteroatoms. The van der Waals surface area contributed by atoms with Gasteiger partial charge >= 0.3 is 0 Å². The van der Waals surface area contributed by atoms with Gasteiger partial charge in [0.05, 0.1) is 0 Å². The molecule has 1 atom stereocenters. The second-order valence-corrected chi connectivity index (χ2v) is 4.92. The average Bonchev–Trinajstić information content (AvgIpc) is 2.72. The van der Waals surface area contributed by atoms with Crippen LogP contribution in [0.2, 0.25) is 0 Å².